The van der Waals surface area contributed by atoms with E-state index in [2.05, 4.69) is 10.0 Å². The number of amides is 2. The summed E-state index contributed by atoms with van der Waals surface area (Å²) in [6.45, 7) is 4.58. The van der Waals surface area contributed by atoms with Gasteiger partial charge < -0.3 is 15.0 Å². The van der Waals surface area contributed by atoms with E-state index in [9.17, 15) is 22.4 Å². The van der Waals surface area contributed by atoms with Gasteiger partial charge in [0.15, 0.2) is 0 Å². The first kappa shape index (κ1) is 23.5. The van der Waals surface area contributed by atoms with Gasteiger partial charge in [0, 0.05) is 30.4 Å². The third-order valence-corrected chi connectivity index (χ3v) is 6.57. The average Bonchev–Trinajstić information content (AvgIpc) is 2.76. The molecule has 0 saturated carbocycles. The average molecular weight is 464 g/mol. The molecular weight excluding hydrogens is 437 g/mol. The maximum atomic E-state index is 13.4. The minimum atomic E-state index is -3.88. The molecule has 0 aromatic heterocycles. The van der Waals surface area contributed by atoms with E-state index < -0.39 is 15.8 Å². The molecule has 172 valence electrons. The fourth-order valence-corrected chi connectivity index (χ4v) is 4.52. The Morgan fingerprint density at radius 3 is 2.38 bits per heavy atom. The molecule has 1 fully saturated rings. The van der Waals surface area contributed by atoms with Crippen LogP contribution >= 0.6 is 0 Å². The first-order valence-electron chi connectivity index (χ1n) is 10.3. The molecule has 1 saturated heterocycles. The van der Waals surface area contributed by atoms with Crippen LogP contribution in [0.15, 0.2) is 47.4 Å². The minimum absolute atomic E-state index is 0.0487. The van der Waals surface area contributed by atoms with Gasteiger partial charge in [-0.05, 0) is 74.7 Å². The highest BCUT2D eigenvalue weighted by molar-refractivity contribution is 7.92. The Bertz CT molecular complexity index is 1080. The second-order valence-electron chi connectivity index (χ2n) is 7.53. The Kier molecular flexibility index (Phi) is 7.34. The van der Waals surface area contributed by atoms with E-state index >= 15 is 0 Å². The Labute approximate surface area is 186 Å². The molecule has 3 rings (SSSR count). The van der Waals surface area contributed by atoms with E-state index in [0.29, 0.717) is 38.1 Å². The summed E-state index contributed by atoms with van der Waals surface area (Å²) in [6.07, 6.45) is 0.907. The third kappa shape index (κ3) is 5.76. The standard InChI is InChI=1S/C22H26FN3O5S/c1-3-31-22(28)26-12-10-17(11-13-26)24-21(27)16-4-6-18(7-5-16)25-32(29,30)19-8-9-20(23)15(2)14-19/h4-9,14,17,25H,3,10-13H2,1-2H3,(H,24,27). The number of anilines is 1. The Balaban J connectivity index is 1.56. The molecule has 0 bridgehead atoms. The number of carbonyl (C=O) groups is 2. The van der Waals surface area contributed by atoms with Crippen molar-refractivity contribution in [3.63, 3.8) is 0 Å². The van der Waals surface area contributed by atoms with Crippen molar-refractivity contribution in [1.29, 1.82) is 0 Å². The van der Waals surface area contributed by atoms with Gasteiger partial charge in [-0.3, -0.25) is 9.52 Å². The molecule has 0 aliphatic carbocycles. The number of nitrogens with one attached hydrogen (secondary N) is 2. The first-order chi connectivity index (χ1) is 15.2. The SMILES string of the molecule is CCOC(=O)N1CCC(NC(=O)c2ccc(NS(=O)(=O)c3ccc(F)c(C)c3)cc2)CC1. The van der Waals surface area contributed by atoms with Gasteiger partial charge in [-0.25, -0.2) is 17.6 Å². The van der Waals surface area contributed by atoms with Crippen LogP contribution in [0.1, 0.15) is 35.7 Å². The predicted octanol–water partition coefficient (Wildman–Crippen LogP) is 3.29. The summed E-state index contributed by atoms with van der Waals surface area (Å²) in [5.74, 6) is -0.756. The second-order valence-corrected chi connectivity index (χ2v) is 9.21. The number of carbonyl (C=O) groups excluding carboxylic acids is 2. The van der Waals surface area contributed by atoms with Crippen molar-refractivity contribution in [2.75, 3.05) is 24.4 Å². The van der Waals surface area contributed by atoms with Crippen LogP contribution in [0.25, 0.3) is 0 Å². The van der Waals surface area contributed by atoms with Gasteiger partial charge in [0.2, 0.25) is 0 Å². The Hall–Kier alpha value is -3.14. The second kappa shape index (κ2) is 9.99. The van der Waals surface area contributed by atoms with Gasteiger partial charge in [0.05, 0.1) is 11.5 Å². The summed E-state index contributed by atoms with van der Waals surface area (Å²) in [5, 5.41) is 2.94. The summed E-state index contributed by atoms with van der Waals surface area (Å²) in [6, 6.07) is 9.53. The van der Waals surface area contributed by atoms with Crippen molar-refractivity contribution >= 4 is 27.7 Å². The highest BCUT2D eigenvalue weighted by atomic mass is 32.2. The van der Waals surface area contributed by atoms with Crippen LogP contribution < -0.4 is 10.0 Å². The van der Waals surface area contributed by atoms with E-state index in [4.69, 9.17) is 4.74 Å². The monoisotopic (exact) mass is 463 g/mol. The Morgan fingerprint density at radius 2 is 1.78 bits per heavy atom. The number of ether oxygens (including phenoxy) is 1. The van der Waals surface area contributed by atoms with E-state index in [1.54, 1.807) is 11.8 Å². The van der Waals surface area contributed by atoms with Crippen LogP contribution in [0, 0.1) is 12.7 Å². The van der Waals surface area contributed by atoms with E-state index in [0.717, 1.165) is 6.07 Å². The van der Waals surface area contributed by atoms with Crippen molar-refractivity contribution in [3.8, 4) is 0 Å². The molecule has 0 spiro atoms. The zero-order valence-electron chi connectivity index (χ0n) is 17.9. The predicted molar refractivity (Wildman–Crippen MR) is 117 cm³/mol. The number of rotatable bonds is 6. The summed E-state index contributed by atoms with van der Waals surface area (Å²) >= 11 is 0. The van der Waals surface area contributed by atoms with Crippen LogP contribution in [0.3, 0.4) is 0 Å². The van der Waals surface area contributed by atoms with Crippen LogP contribution in [0.4, 0.5) is 14.9 Å². The van der Waals surface area contributed by atoms with Gasteiger partial charge in [-0.1, -0.05) is 0 Å². The summed E-state index contributed by atoms with van der Waals surface area (Å²) in [4.78, 5) is 25.9. The lowest BCUT2D eigenvalue weighted by Crippen LogP contribution is -2.46. The fraction of sp³-hybridized carbons (Fsp3) is 0.364. The number of likely N-dealkylation sites (tertiary alicyclic amines) is 1. The lowest BCUT2D eigenvalue weighted by molar-refractivity contribution is 0.0860. The molecule has 2 N–H and O–H groups in total. The van der Waals surface area contributed by atoms with Crippen LogP contribution in [-0.4, -0.2) is 51.1 Å². The number of aryl methyl sites for hydroxylation is 1. The van der Waals surface area contributed by atoms with Gasteiger partial charge in [-0.2, -0.15) is 0 Å². The van der Waals surface area contributed by atoms with Gasteiger partial charge in [0.25, 0.3) is 15.9 Å². The highest BCUT2D eigenvalue weighted by Crippen LogP contribution is 2.19. The van der Waals surface area contributed by atoms with E-state index in [1.165, 1.54) is 43.3 Å². The van der Waals surface area contributed by atoms with Crippen LogP contribution in [0.2, 0.25) is 0 Å². The lowest BCUT2D eigenvalue weighted by Gasteiger charge is -2.31. The number of piperidine rings is 1. The molecule has 0 atom stereocenters. The molecule has 1 aliphatic rings. The zero-order valence-corrected chi connectivity index (χ0v) is 18.7. The maximum absolute atomic E-state index is 13.4. The number of benzene rings is 2. The summed E-state index contributed by atoms with van der Waals surface area (Å²) in [5.41, 5.74) is 0.901. The van der Waals surface area contributed by atoms with Gasteiger partial charge >= 0.3 is 6.09 Å². The van der Waals surface area contributed by atoms with E-state index in [1.807, 2.05) is 0 Å². The molecule has 10 heteroatoms. The summed E-state index contributed by atoms with van der Waals surface area (Å²) in [7, 11) is -3.88. The minimum Gasteiger partial charge on any atom is -0.450 e. The molecule has 1 heterocycles. The number of hydrogen-bond acceptors (Lipinski definition) is 5. The van der Waals surface area contributed by atoms with Crippen LogP contribution in [-0.2, 0) is 14.8 Å². The normalized spacial score (nSPS) is 14.7. The molecule has 32 heavy (non-hydrogen) atoms. The quantitative estimate of drug-likeness (QED) is 0.684. The smallest absolute Gasteiger partial charge is 0.409 e. The summed E-state index contributed by atoms with van der Waals surface area (Å²) < 4.78 is 45.8. The van der Waals surface area contributed by atoms with Crippen molar-refractivity contribution in [3.05, 3.63) is 59.4 Å². The number of sulfonamides is 1. The molecule has 0 unspecified atom stereocenters. The van der Waals surface area contributed by atoms with Gasteiger partial charge in [-0.15, -0.1) is 0 Å². The van der Waals surface area contributed by atoms with Crippen LogP contribution in [0.5, 0.6) is 0 Å². The van der Waals surface area contributed by atoms with Crippen molar-refractivity contribution < 1.29 is 27.1 Å². The topological polar surface area (TPSA) is 105 Å². The number of nitrogens with zero attached hydrogens (tertiary/aromatic N) is 1. The number of halogens is 1. The highest BCUT2D eigenvalue weighted by Gasteiger charge is 2.25. The molecule has 2 aromatic carbocycles. The van der Waals surface area contributed by atoms with E-state index in [-0.39, 0.29) is 34.2 Å². The maximum Gasteiger partial charge on any atom is 0.409 e. The van der Waals surface area contributed by atoms with Crippen molar-refractivity contribution in [2.24, 2.45) is 0 Å². The lowest BCUT2D eigenvalue weighted by atomic mass is 10.0. The third-order valence-electron chi connectivity index (χ3n) is 5.20. The molecule has 1 aliphatic heterocycles. The zero-order chi connectivity index (χ0) is 23.3. The number of hydrogen-bond donors (Lipinski definition) is 2. The molecule has 8 nitrogen and oxygen atoms in total. The molecular formula is C22H26FN3O5S. The first-order valence-corrected chi connectivity index (χ1v) is 11.8. The Morgan fingerprint density at radius 1 is 1.12 bits per heavy atom. The molecule has 2 amide bonds. The van der Waals surface area contributed by atoms with Crippen molar-refractivity contribution in [1.82, 2.24) is 10.2 Å². The molecule has 2 aromatic rings. The van der Waals surface area contributed by atoms with Crippen molar-refractivity contribution in [2.45, 2.75) is 37.6 Å². The fourth-order valence-electron chi connectivity index (χ4n) is 3.38. The largest absolute Gasteiger partial charge is 0.450 e. The van der Waals surface area contributed by atoms with Gasteiger partial charge in [0.1, 0.15) is 5.82 Å². The molecule has 0 radical (unpaired) electrons.